The highest BCUT2D eigenvalue weighted by molar-refractivity contribution is 7.22. The summed E-state index contributed by atoms with van der Waals surface area (Å²) in [5, 5.41) is 0.707. The van der Waals surface area contributed by atoms with E-state index in [4.69, 9.17) is 4.98 Å². The van der Waals surface area contributed by atoms with Crippen molar-refractivity contribution in [2.24, 2.45) is 0 Å². The molecule has 35 heavy (non-hydrogen) atoms. The third kappa shape index (κ3) is 4.86. The Bertz CT molecular complexity index is 1380. The maximum absolute atomic E-state index is 14.4. The van der Waals surface area contributed by atoms with Gasteiger partial charge in [-0.2, -0.15) is 0 Å². The number of hydrogen-bond donors (Lipinski definition) is 0. The molecule has 2 aromatic heterocycles. The second-order valence-electron chi connectivity index (χ2n) is 8.89. The van der Waals surface area contributed by atoms with E-state index in [1.54, 1.807) is 17.5 Å². The standard InChI is InChI=1S/C30H27N3OS/c1-21(2)25-16-9-17-26-28(25)32-30(35-26)33(20-22-11-10-18-31-19-22)29(34)27(23-12-5-3-6-13-23)24-14-7-4-8-15-24/h3-19,21,27H,20H2,1-2H3. The SMILES string of the molecule is CC(C)c1cccc2sc(N(Cc3cccnc3)C(=O)C(c3ccccc3)c3ccccc3)nc12. The normalized spacial score (nSPS) is 11.3. The minimum atomic E-state index is -0.439. The molecule has 0 atom stereocenters. The quantitative estimate of drug-likeness (QED) is 0.249. The van der Waals surface area contributed by atoms with Crippen molar-refractivity contribution in [3.63, 3.8) is 0 Å². The van der Waals surface area contributed by atoms with Crippen molar-refractivity contribution in [1.82, 2.24) is 9.97 Å². The van der Waals surface area contributed by atoms with E-state index in [2.05, 4.69) is 37.0 Å². The second kappa shape index (κ2) is 10.2. The van der Waals surface area contributed by atoms with Crippen LogP contribution < -0.4 is 4.90 Å². The van der Waals surface area contributed by atoms with E-state index in [1.807, 2.05) is 83.9 Å². The Balaban J connectivity index is 1.64. The molecule has 0 unspecified atom stereocenters. The van der Waals surface area contributed by atoms with Gasteiger partial charge in [0.15, 0.2) is 5.13 Å². The number of anilines is 1. The first kappa shape index (κ1) is 22.9. The molecular weight excluding hydrogens is 450 g/mol. The smallest absolute Gasteiger partial charge is 0.241 e. The molecule has 0 saturated heterocycles. The molecule has 0 spiro atoms. The van der Waals surface area contributed by atoms with Gasteiger partial charge in [-0.25, -0.2) is 4.98 Å². The van der Waals surface area contributed by atoms with Crippen LogP contribution >= 0.6 is 11.3 Å². The molecule has 5 aromatic rings. The van der Waals surface area contributed by atoms with E-state index in [0.29, 0.717) is 17.6 Å². The Kier molecular flexibility index (Phi) is 6.68. The third-order valence-electron chi connectivity index (χ3n) is 6.13. The summed E-state index contributed by atoms with van der Waals surface area (Å²) in [6.45, 7) is 4.75. The Morgan fingerprint density at radius 2 is 1.54 bits per heavy atom. The predicted octanol–water partition coefficient (Wildman–Crippen LogP) is 7.18. The fourth-order valence-corrected chi connectivity index (χ4v) is 5.38. The Morgan fingerprint density at radius 3 is 2.14 bits per heavy atom. The van der Waals surface area contributed by atoms with Gasteiger partial charge in [0, 0.05) is 12.4 Å². The molecular formula is C30H27N3OS. The molecule has 0 aliphatic rings. The fraction of sp³-hybridized carbons (Fsp3) is 0.167. The lowest BCUT2D eigenvalue weighted by molar-refractivity contribution is -0.119. The molecule has 2 heterocycles. The summed E-state index contributed by atoms with van der Waals surface area (Å²) in [5.74, 6) is -0.0976. The van der Waals surface area contributed by atoms with E-state index in [0.717, 1.165) is 26.9 Å². The van der Waals surface area contributed by atoms with Crippen LogP contribution in [0.25, 0.3) is 10.2 Å². The van der Waals surface area contributed by atoms with Crippen LogP contribution in [0.15, 0.2) is 103 Å². The Hall–Kier alpha value is -3.83. The van der Waals surface area contributed by atoms with Crippen molar-refractivity contribution in [1.29, 1.82) is 0 Å². The Morgan fingerprint density at radius 1 is 0.857 bits per heavy atom. The maximum atomic E-state index is 14.4. The summed E-state index contributed by atoms with van der Waals surface area (Å²) in [7, 11) is 0. The van der Waals surface area contributed by atoms with E-state index in [1.165, 1.54) is 5.56 Å². The number of fused-ring (bicyclic) bond motifs is 1. The van der Waals surface area contributed by atoms with Gasteiger partial charge in [-0.1, -0.05) is 104 Å². The van der Waals surface area contributed by atoms with Gasteiger partial charge >= 0.3 is 0 Å². The molecule has 5 heteroatoms. The van der Waals surface area contributed by atoms with Crippen LogP contribution in [0.3, 0.4) is 0 Å². The number of amides is 1. The lowest BCUT2D eigenvalue weighted by atomic mass is 9.90. The first-order chi connectivity index (χ1) is 17.1. The van der Waals surface area contributed by atoms with Crippen molar-refractivity contribution >= 4 is 32.6 Å². The Labute approximate surface area is 209 Å². The minimum absolute atomic E-state index is 0.00333. The number of carbonyl (C=O) groups is 1. The van der Waals surface area contributed by atoms with Gasteiger partial charge in [-0.15, -0.1) is 0 Å². The van der Waals surface area contributed by atoms with Crippen LogP contribution in [0.4, 0.5) is 5.13 Å². The summed E-state index contributed by atoms with van der Waals surface area (Å²) in [4.78, 5) is 25.5. The zero-order valence-corrected chi connectivity index (χ0v) is 20.7. The zero-order chi connectivity index (χ0) is 24.2. The van der Waals surface area contributed by atoms with E-state index in [9.17, 15) is 4.79 Å². The van der Waals surface area contributed by atoms with Crippen molar-refractivity contribution in [3.05, 3.63) is 126 Å². The summed E-state index contributed by atoms with van der Waals surface area (Å²) in [5.41, 5.74) is 5.06. The zero-order valence-electron chi connectivity index (χ0n) is 19.8. The van der Waals surface area contributed by atoms with Gasteiger partial charge in [0.05, 0.1) is 22.7 Å². The highest BCUT2D eigenvalue weighted by Gasteiger charge is 2.30. The van der Waals surface area contributed by atoms with Crippen molar-refractivity contribution in [3.8, 4) is 0 Å². The van der Waals surface area contributed by atoms with E-state index >= 15 is 0 Å². The van der Waals surface area contributed by atoms with Gasteiger partial charge in [0.2, 0.25) is 5.91 Å². The first-order valence-electron chi connectivity index (χ1n) is 11.8. The highest BCUT2D eigenvalue weighted by Crippen LogP contribution is 2.36. The highest BCUT2D eigenvalue weighted by atomic mass is 32.1. The molecule has 0 fully saturated rings. The summed E-state index contributed by atoms with van der Waals surface area (Å²) >= 11 is 1.57. The summed E-state index contributed by atoms with van der Waals surface area (Å²) in [6, 6.07) is 30.2. The molecule has 174 valence electrons. The van der Waals surface area contributed by atoms with Crippen LogP contribution in [-0.4, -0.2) is 15.9 Å². The number of carbonyl (C=O) groups excluding carboxylic acids is 1. The second-order valence-corrected chi connectivity index (χ2v) is 9.89. The minimum Gasteiger partial charge on any atom is -0.283 e. The fourth-order valence-electron chi connectivity index (χ4n) is 4.38. The van der Waals surface area contributed by atoms with E-state index in [-0.39, 0.29) is 5.91 Å². The van der Waals surface area contributed by atoms with Crippen molar-refractivity contribution in [2.75, 3.05) is 4.90 Å². The number of benzene rings is 3. The van der Waals surface area contributed by atoms with Crippen molar-refractivity contribution in [2.45, 2.75) is 32.2 Å². The van der Waals surface area contributed by atoms with Crippen LogP contribution in [0.1, 0.15) is 47.9 Å². The topological polar surface area (TPSA) is 46.1 Å². The lowest BCUT2D eigenvalue weighted by Gasteiger charge is -2.26. The molecule has 5 rings (SSSR count). The number of nitrogens with zero attached hydrogens (tertiary/aromatic N) is 3. The number of aromatic nitrogens is 2. The summed E-state index contributed by atoms with van der Waals surface area (Å²) in [6.07, 6.45) is 3.56. The molecule has 0 radical (unpaired) electrons. The molecule has 0 saturated carbocycles. The number of rotatable bonds is 7. The number of para-hydroxylation sites is 1. The van der Waals surface area contributed by atoms with Gasteiger partial charge in [0.1, 0.15) is 0 Å². The number of hydrogen-bond acceptors (Lipinski definition) is 4. The lowest BCUT2D eigenvalue weighted by Crippen LogP contribution is -2.35. The predicted molar refractivity (Wildman–Crippen MR) is 144 cm³/mol. The van der Waals surface area contributed by atoms with Gasteiger partial charge in [0.25, 0.3) is 0 Å². The van der Waals surface area contributed by atoms with E-state index < -0.39 is 5.92 Å². The molecule has 0 aliphatic carbocycles. The van der Waals surface area contributed by atoms with Crippen molar-refractivity contribution < 1.29 is 4.79 Å². The first-order valence-corrected chi connectivity index (χ1v) is 12.6. The van der Waals surface area contributed by atoms with Gasteiger partial charge < -0.3 is 0 Å². The number of thiazole rings is 1. The molecule has 0 bridgehead atoms. The largest absolute Gasteiger partial charge is 0.283 e. The maximum Gasteiger partial charge on any atom is 0.241 e. The number of pyridine rings is 1. The molecule has 0 aliphatic heterocycles. The summed E-state index contributed by atoms with van der Waals surface area (Å²) < 4.78 is 1.09. The third-order valence-corrected chi connectivity index (χ3v) is 7.18. The van der Waals surface area contributed by atoms with Crippen LogP contribution in [0.2, 0.25) is 0 Å². The van der Waals surface area contributed by atoms with Gasteiger partial charge in [-0.3, -0.25) is 14.7 Å². The van der Waals surface area contributed by atoms with Gasteiger partial charge in [-0.05, 0) is 40.3 Å². The van der Waals surface area contributed by atoms with Crippen LogP contribution in [0.5, 0.6) is 0 Å². The molecule has 4 nitrogen and oxygen atoms in total. The average Bonchev–Trinajstić information content (AvgIpc) is 3.33. The molecule has 0 N–H and O–H groups in total. The monoisotopic (exact) mass is 477 g/mol. The molecule has 1 amide bonds. The van der Waals surface area contributed by atoms with Crippen LogP contribution in [0, 0.1) is 0 Å². The average molecular weight is 478 g/mol. The van der Waals surface area contributed by atoms with Crippen LogP contribution in [-0.2, 0) is 11.3 Å². The molecule has 3 aromatic carbocycles.